The molecule has 0 aliphatic heterocycles. The Morgan fingerprint density at radius 1 is 1.29 bits per heavy atom. The number of rotatable bonds is 3. The Bertz CT molecular complexity index is 509. The predicted molar refractivity (Wildman–Crippen MR) is 74.9 cm³/mol. The number of hydrogen-bond donors (Lipinski definition) is 2. The first kappa shape index (κ1) is 11.9. The lowest BCUT2D eigenvalue weighted by Gasteiger charge is -2.09. The average molecular weight is 292 g/mol. The van der Waals surface area contributed by atoms with Crippen molar-refractivity contribution in [2.75, 3.05) is 11.1 Å². The second-order valence-electron chi connectivity index (χ2n) is 3.90. The van der Waals surface area contributed by atoms with Crippen LogP contribution in [0.15, 0.2) is 41.0 Å². The number of aryl methyl sites for hydroxylation is 1. The van der Waals surface area contributed by atoms with E-state index >= 15 is 0 Å². The van der Waals surface area contributed by atoms with E-state index in [-0.39, 0.29) is 0 Å². The Balaban J connectivity index is 2.04. The van der Waals surface area contributed by atoms with Crippen LogP contribution in [-0.2, 0) is 6.54 Å². The second-order valence-corrected chi connectivity index (χ2v) is 4.76. The molecular formula is C13H14BrN3. The minimum absolute atomic E-state index is 0.746. The number of pyridine rings is 1. The highest BCUT2D eigenvalue weighted by atomic mass is 79.9. The third kappa shape index (κ3) is 3.20. The first-order chi connectivity index (χ1) is 8.15. The molecule has 3 nitrogen and oxygen atoms in total. The molecule has 1 aromatic carbocycles. The minimum Gasteiger partial charge on any atom is -0.399 e. The molecule has 0 saturated heterocycles. The average Bonchev–Trinajstić information content (AvgIpc) is 2.30. The Hall–Kier alpha value is -1.55. The minimum atomic E-state index is 0.746. The zero-order chi connectivity index (χ0) is 12.3. The lowest BCUT2D eigenvalue weighted by molar-refractivity contribution is 1.08. The molecule has 4 heteroatoms. The van der Waals surface area contributed by atoms with E-state index in [1.165, 1.54) is 0 Å². The first-order valence-electron chi connectivity index (χ1n) is 5.35. The van der Waals surface area contributed by atoms with E-state index in [9.17, 15) is 0 Å². The molecule has 0 atom stereocenters. The largest absolute Gasteiger partial charge is 0.399 e. The number of nitrogens with one attached hydrogen (secondary N) is 1. The number of anilines is 2. The van der Waals surface area contributed by atoms with Crippen molar-refractivity contribution in [3.05, 3.63) is 52.3 Å². The molecule has 0 spiro atoms. The third-order valence-corrected chi connectivity index (χ3v) is 3.10. The van der Waals surface area contributed by atoms with Gasteiger partial charge in [-0.15, -0.1) is 0 Å². The first-order valence-corrected chi connectivity index (χ1v) is 6.15. The summed E-state index contributed by atoms with van der Waals surface area (Å²) < 4.78 is 0.970. The summed E-state index contributed by atoms with van der Waals surface area (Å²) in [6.07, 6.45) is 1.88. The summed E-state index contributed by atoms with van der Waals surface area (Å²) in [6.45, 7) is 2.73. The van der Waals surface area contributed by atoms with Crippen LogP contribution in [0.1, 0.15) is 11.3 Å². The number of benzene rings is 1. The second kappa shape index (κ2) is 5.19. The predicted octanol–water partition coefficient (Wildman–Crippen LogP) is 3.35. The highest BCUT2D eigenvalue weighted by molar-refractivity contribution is 9.10. The van der Waals surface area contributed by atoms with E-state index in [1.54, 1.807) is 0 Å². The van der Waals surface area contributed by atoms with Gasteiger partial charge in [-0.05, 0) is 52.7 Å². The monoisotopic (exact) mass is 291 g/mol. The van der Waals surface area contributed by atoms with Crippen LogP contribution in [0.3, 0.4) is 0 Å². The van der Waals surface area contributed by atoms with Gasteiger partial charge in [0.2, 0.25) is 0 Å². The molecule has 1 heterocycles. The van der Waals surface area contributed by atoms with E-state index in [0.717, 1.165) is 33.6 Å². The summed E-state index contributed by atoms with van der Waals surface area (Å²) in [6, 6.07) is 9.80. The van der Waals surface area contributed by atoms with Crippen LogP contribution >= 0.6 is 15.9 Å². The fourth-order valence-corrected chi connectivity index (χ4v) is 2.01. The molecule has 0 aliphatic carbocycles. The van der Waals surface area contributed by atoms with Gasteiger partial charge in [-0.2, -0.15) is 0 Å². The smallest absolute Gasteiger partial charge is 0.0488 e. The van der Waals surface area contributed by atoms with Gasteiger partial charge >= 0.3 is 0 Å². The fourth-order valence-electron chi connectivity index (χ4n) is 1.48. The zero-order valence-corrected chi connectivity index (χ0v) is 11.2. The van der Waals surface area contributed by atoms with Crippen molar-refractivity contribution in [1.29, 1.82) is 0 Å². The Morgan fingerprint density at radius 2 is 2.12 bits per heavy atom. The molecule has 0 bridgehead atoms. The Morgan fingerprint density at radius 3 is 2.76 bits per heavy atom. The Kier molecular flexibility index (Phi) is 3.64. The van der Waals surface area contributed by atoms with Crippen molar-refractivity contribution in [2.45, 2.75) is 13.5 Å². The van der Waals surface area contributed by atoms with Gasteiger partial charge in [-0.3, -0.25) is 4.98 Å². The van der Waals surface area contributed by atoms with E-state index < -0.39 is 0 Å². The molecule has 0 saturated carbocycles. The van der Waals surface area contributed by atoms with Crippen molar-refractivity contribution in [1.82, 2.24) is 4.98 Å². The number of nitrogens with two attached hydrogens (primary N) is 1. The summed E-state index contributed by atoms with van der Waals surface area (Å²) in [4.78, 5) is 4.26. The molecule has 0 amide bonds. The van der Waals surface area contributed by atoms with Crippen LogP contribution in [-0.4, -0.2) is 4.98 Å². The van der Waals surface area contributed by atoms with Crippen LogP contribution in [0, 0.1) is 6.92 Å². The topological polar surface area (TPSA) is 50.9 Å². The summed E-state index contributed by atoms with van der Waals surface area (Å²) in [7, 11) is 0. The Labute approximate surface area is 109 Å². The summed E-state index contributed by atoms with van der Waals surface area (Å²) >= 11 is 3.47. The number of halogens is 1. The van der Waals surface area contributed by atoms with E-state index in [2.05, 4.69) is 32.3 Å². The van der Waals surface area contributed by atoms with Crippen LogP contribution < -0.4 is 11.1 Å². The molecule has 2 rings (SSSR count). The zero-order valence-electron chi connectivity index (χ0n) is 9.57. The summed E-state index contributed by atoms with van der Waals surface area (Å²) in [5, 5.41) is 3.33. The quantitative estimate of drug-likeness (QED) is 0.853. The van der Waals surface area contributed by atoms with Crippen molar-refractivity contribution >= 4 is 27.3 Å². The highest BCUT2D eigenvalue weighted by Crippen LogP contribution is 2.24. The van der Waals surface area contributed by atoms with Gasteiger partial charge in [-0.1, -0.05) is 6.07 Å². The highest BCUT2D eigenvalue weighted by Gasteiger charge is 2.00. The van der Waals surface area contributed by atoms with Gasteiger partial charge in [0.25, 0.3) is 0 Å². The van der Waals surface area contributed by atoms with Gasteiger partial charge in [-0.25, -0.2) is 0 Å². The molecule has 2 aromatic rings. The standard InChI is InChI=1S/C13H14BrN3/c1-9-2-3-10(7-16-9)8-17-13-5-4-11(15)6-12(13)14/h2-7,17H,8,15H2,1H3. The normalized spacial score (nSPS) is 10.2. The number of hydrogen-bond acceptors (Lipinski definition) is 3. The molecule has 1 aromatic heterocycles. The molecule has 17 heavy (non-hydrogen) atoms. The lowest BCUT2D eigenvalue weighted by Crippen LogP contribution is -2.01. The maximum Gasteiger partial charge on any atom is 0.0488 e. The molecule has 0 radical (unpaired) electrons. The summed E-state index contributed by atoms with van der Waals surface area (Å²) in [5.74, 6) is 0. The van der Waals surface area contributed by atoms with Crippen LogP contribution in [0.2, 0.25) is 0 Å². The van der Waals surface area contributed by atoms with Crippen molar-refractivity contribution in [2.24, 2.45) is 0 Å². The van der Waals surface area contributed by atoms with Gasteiger partial charge in [0.15, 0.2) is 0 Å². The maximum absolute atomic E-state index is 5.68. The van der Waals surface area contributed by atoms with Crippen LogP contribution in [0.4, 0.5) is 11.4 Å². The maximum atomic E-state index is 5.68. The lowest BCUT2D eigenvalue weighted by atomic mass is 10.2. The number of aromatic nitrogens is 1. The van der Waals surface area contributed by atoms with E-state index in [0.29, 0.717) is 0 Å². The van der Waals surface area contributed by atoms with Crippen molar-refractivity contribution in [3.8, 4) is 0 Å². The molecule has 0 fully saturated rings. The molecule has 0 unspecified atom stereocenters. The molecule has 88 valence electrons. The molecule has 0 aliphatic rings. The van der Waals surface area contributed by atoms with Crippen LogP contribution in [0.5, 0.6) is 0 Å². The number of nitrogen functional groups attached to an aromatic ring is 1. The van der Waals surface area contributed by atoms with E-state index in [1.807, 2.05) is 37.4 Å². The SMILES string of the molecule is Cc1ccc(CNc2ccc(N)cc2Br)cn1. The van der Waals surface area contributed by atoms with Gasteiger partial charge in [0.1, 0.15) is 0 Å². The summed E-state index contributed by atoms with van der Waals surface area (Å²) in [5.41, 5.74) is 9.64. The van der Waals surface area contributed by atoms with Gasteiger partial charge < -0.3 is 11.1 Å². The van der Waals surface area contributed by atoms with Crippen molar-refractivity contribution in [3.63, 3.8) is 0 Å². The molecular weight excluding hydrogens is 278 g/mol. The molecule has 3 N–H and O–H groups in total. The third-order valence-electron chi connectivity index (χ3n) is 2.45. The van der Waals surface area contributed by atoms with Gasteiger partial charge in [0, 0.05) is 34.3 Å². The van der Waals surface area contributed by atoms with Crippen LogP contribution in [0.25, 0.3) is 0 Å². The van der Waals surface area contributed by atoms with E-state index in [4.69, 9.17) is 5.73 Å². The fraction of sp³-hybridized carbons (Fsp3) is 0.154. The van der Waals surface area contributed by atoms with Crippen molar-refractivity contribution < 1.29 is 0 Å². The van der Waals surface area contributed by atoms with Gasteiger partial charge in [0.05, 0.1) is 0 Å². The number of nitrogens with zero attached hydrogens (tertiary/aromatic N) is 1.